The van der Waals surface area contributed by atoms with Crippen molar-refractivity contribution in [1.29, 1.82) is 0 Å². The molecule has 0 amide bonds. The van der Waals surface area contributed by atoms with Gasteiger partial charge in [-0.25, -0.2) is 4.79 Å². The van der Waals surface area contributed by atoms with Gasteiger partial charge in [-0.1, -0.05) is 58.3 Å². The Hall–Kier alpha value is -1.27. The Bertz CT molecular complexity index is 278. The van der Waals surface area contributed by atoms with Gasteiger partial charge in [-0.05, 0) is 6.42 Å². The summed E-state index contributed by atoms with van der Waals surface area (Å²) in [7, 11) is 0. The Morgan fingerprint density at radius 3 is 1.43 bits per heavy atom. The minimum absolute atomic E-state index is 0.343. The summed E-state index contributed by atoms with van der Waals surface area (Å²) >= 11 is 0. The van der Waals surface area contributed by atoms with Crippen LogP contribution in [0.5, 0.6) is 0 Å². The summed E-state index contributed by atoms with van der Waals surface area (Å²) in [6.45, 7) is 2.23. The van der Waals surface area contributed by atoms with Crippen molar-refractivity contribution < 1.29 is 33.0 Å². The molecule has 126 valence electrons. The third kappa shape index (κ3) is 21.2. The molecule has 0 rings (SSSR count). The number of alkyl halides is 3. The van der Waals surface area contributed by atoms with Crippen molar-refractivity contribution in [3.63, 3.8) is 0 Å². The Morgan fingerprint density at radius 2 is 1.14 bits per heavy atom. The zero-order chi connectivity index (χ0) is 16.7. The SMILES string of the molecule is CCCCCCCCCCCC(=O)O.O=C(O)C(F)(F)F. The largest absolute Gasteiger partial charge is 0.490 e. The average Bonchev–Trinajstić information content (AvgIpc) is 2.36. The van der Waals surface area contributed by atoms with Crippen LogP contribution in [-0.4, -0.2) is 28.3 Å². The smallest absolute Gasteiger partial charge is 0.481 e. The van der Waals surface area contributed by atoms with Gasteiger partial charge in [0.15, 0.2) is 0 Å². The number of hydrogen-bond acceptors (Lipinski definition) is 2. The first-order chi connectivity index (χ1) is 9.71. The van der Waals surface area contributed by atoms with Crippen molar-refractivity contribution in [3.8, 4) is 0 Å². The number of halogens is 3. The fourth-order valence-electron chi connectivity index (χ4n) is 1.59. The van der Waals surface area contributed by atoms with E-state index in [-0.39, 0.29) is 0 Å². The van der Waals surface area contributed by atoms with Gasteiger partial charge in [0, 0.05) is 6.42 Å². The maximum atomic E-state index is 10.6. The normalized spacial score (nSPS) is 10.7. The third-order valence-corrected chi connectivity index (χ3v) is 2.74. The summed E-state index contributed by atoms with van der Waals surface area (Å²) in [6.07, 6.45) is 6.39. The summed E-state index contributed by atoms with van der Waals surface area (Å²) in [6, 6.07) is 0. The maximum absolute atomic E-state index is 10.6. The second-order valence-corrected chi connectivity index (χ2v) is 4.78. The molecule has 0 spiro atoms. The number of aliphatic carboxylic acids is 2. The van der Waals surface area contributed by atoms with Gasteiger partial charge in [-0.3, -0.25) is 4.79 Å². The molecule has 4 nitrogen and oxygen atoms in total. The van der Waals surface area contributed by atoms with E-state index in [9.17, 15) is 18.0 Å². The van der Waals surface area contributed by atoms with Gasteiger partial charge in [-0.15, -0.1) is 0 Å². The number of carbonyl (C=O) groups is 2. The molecule has 0 aliphatic carbocycles. The molecule has 0 aliphatic rings. The first kappa shape index (κ1) is 22.0. The monoisotopic (exact) mass is 314 g/mol. The van der Waals surface area contributed by atoms with E-state index in [2.05, 4.69) is 6.92 Å². The molecule has 0 saturated heterocycles. The highest BCUT2D eigenvalue weighted by molar-refractivity contribution is 5.73. The van der Waals surface area contributed by atoms with E-state index in [4.69, 9.17) is 15.0 Å². The summed E-state index contributed by atoms with van der Waals surface area (Å²) in [5, 5.41) is 15.5. The molecule has 0 fully saturated rings. The fraction of sp³-hybridized carbons (Fsp3) is 0.857. The zero-order valence-corrected chi connectivity index (χ0v) is 12.4. The van der Waals surface area contributed by atoms with Crippen LogP contribution in [0.4, 0.5) is 13.2 Å². The third-order valence-electron chi connectivity index (χ3n) is 2.74. The minimum atomic E-state index is -5.08. The molecule has 0 heterocycles. The van der Waals surface area contributed by atoms with Crippen molar-refractivity contribution >= 4 is 11.9 Å². The lowest BCUT2D eigenvalue weighted by molar-refractivity contribution is -0.192. The lowest BCUT2D eigenvalue weighted by atomic mass is 10.1. The first-order valence-corrected chi connectivity index (χ1v) is 7.23. The van der Waals surface area contributed by atoms with Crippen LogP contribution in [0.25, 0.3) is 0 Å². The number of rotatable bonds is 10. The van der Waals surface area contributed by atoms with E-state index in [0.717, 1.165) is 12.8 Å². The van der Waals surface area contributed by atoms with Crippen molar-refractivity contribution in [2.75, 3.05) is 0 Å². The second kappa shape index (κ2) is 13.7. The van der Waals surface area contributed by atoms with Crippen molar-refractivity contribution in [2.24, 2.45) is 0 Å². The van der Waals surface area contributed by atoms with Gasteiger partial charge in [0.25, 0.3) is 0 Å². The lowest BCUT2D eigenvalue weighted by Crippen LogP contribution is -2.21. The molecule has 0 saturated carbocycles. The van der Waals surface area contributed by atoms with Crippen LogP contribution in [0, 0.1) is 0 Å². The van der Waals surface area contributed by atoms with Crippen LogP contribution in [0.1, 0.15) is 71.1 Å². The standard InChI is InChI=1S/C12H24O2.C2HF3O2/c1-2-3-4-5-6-7-8-9-10-11-12(13)14;3-2(4,5)1(6)7/h2-11H2,1H3,(H,13,14);(H,6,7). The Kier molecular flexibility index (Phi) is 14.4. The maximum Gasteiger partial charge on any atom is 0.490 e. The number of carboxylic acid groups (broad SMARTS) is 2. The lowest BCUT2D eigenvalue weighted by Gasteiger charge is -2.00. The molecule has 0 unspecified atom stereocenters. The van der Waals surface area contributed by atoms with E-state index >= 15 is 0 Å². The number of carboxylic acids is 2. The topological polar surface area (TPSA) is 74.6 Å². The van der Waals surface area contributed by atoms with Gasteiger partial charge in [0.2, 0.25) is 0 Å². The Morgan fingerprint density at radius 1 is 0.810 bits per heavy atom. The van der Waals surface area contributed by atoms with Crippen LogP contribution in [0.3, 0.4) is 0 Å². The van der Waals surface area contributed by atoms with Crippen LogP contribution < -0.4 is 0 Å². The molecule has 0 bridgehead atoms. The number of unbranched alkanes of at least 4 members (excludes halogenated alkanes) is 8. The van der Waals surface area contributed by atoms with Crippen molar-refractivity contribution in [3.05, 3.63) is 0 Å². The molecular formula is C14H25F3O4. The quantitative estimate of drug-likeness (QED) is 0.577. The Balaban J connectivity index is 0. The van der Waals surface area contributed by atoms with Crippen LogP contribution >= 0.6 is 0 Å². The van der Waals surface area contributed by atoms with E-state index in [0.29, 0.717) is 6.42 Å². The van der Waals surface area contributed by atoms with E-state index < -0.39 is 18.1 Å². The molecular weight excluding hydrogens is 289 g/mol. The van der Waals surface area contributed by atoms with Crippen LogP contribution in [0.2, 0.25) is 0 Å². The highest BCUT2D eigenvalue weighted by Gasteiger charge is 2.38. The van der Waals surface area contributed by atoms with E-state index in [1.54, 1.807) is 0 Å². The molecule has 0 aromatic rings. The minimum Gasteiger partial charge on any atom is -0.481 e. The van der Waals surface area contributed by atoms with Crippen molar-refractivity contribution in [2.45, 2.75) is 77.3 Å². The summed E-state index contributed by atoms with van der Waals surface area (Å²) < 4.78 is 31.7. The van der Waals surface area contributed by atoms with Crippen LogP contribution in [-0.2, 0) is 9.59 Å². The molecule has 0 aromatic heterocycles. The van der Waals surface area contributed by atoms with Gasteiger partial charge in [0.1, 0.15) is 0 Å². The molecule has 0 radical (unpaired) electrons. The highest BCUT2D eigenvalue weighted by Crippen LogP contribution is 2.13. The summed E-state index contributed by atoms with van der Waals surface area (Å²) in [4.78, 5) is 19.1. The fourth-order valence-corrected chi connectivity index (χ4v) is 1.59. The van der Waals surface area contributed by atoms with E-state index in [1.807, 2.05) is 0 Å². The predicted octanol–water partition coefficient (Wildman–Crippen LogP) is 4.63. The second-order valence-electron chi connectivity index (χ2n) is 4.78. The molecule has 7 heteroatoms. The predicted molar refractivity (Wildman–Crippen MR) is 73.2 cm³/mol. The van der Waals surface area contributed by atoms with Crippen molar-refractivity contribution in [1.82, 2.24) is 0 Å². The van der Waals surface area contributed by atoms with Gasteiger partial charge >= 0.3 is 18.1 Å². The molecule has 2 N–H and O–H groups in total. The molecule has 21 heavy (non-hydrogen) atoms. The first-order valence-electron chi connectivity index (χ1n) is 7.23. The molecule has 0 aromatic carbocycles. The highest BCUT2D eigenvalue weighted by atomic mass is 19.4. The zero-order valence-electron chi connectivity index (χ0n) is 12.4. The van der Waals surface area contributed by atoms with Crippen LogP contribution in [0.15, 0.2) is 0 Å². The van der Waals surface area contributed by atoms with Gasteiger partial charge < -0.3 is 10.2 Å². The van der Waals surface area contributed by atoms with Gasteiger partial charge in [-0.2, -0.15) is 13.2 Å². The molecule has 0 aliphatic heterocycles. The summed E-state index contributed by atoms with van der Waals surface area (Å²) in [5.74, 6) is -3.42. The van der Waals surface area contributed by atoms with Gasteiger partial charge in [0.05, 0.1) is 0 Å². The molecule has 0 atom stereocenters. The number of hydrogen-bond donors (Lipinski definition) is 2. The van der Waals surface area contributed by atoms with E-state index in [1.165, 1.54) is 44.9 Å². The summed E-state index contributed by atoms with van der Waals surface area (Å²) in [5.41, 5.74) is 0. The Labute approximate surface area is 123 Å². The average molecular weight is 314 g/mol.